The first-order valence-corrected chi connectivity index (χ1v) is 31.6. The Kier molecular flexibility index (Phi) is 33.5. The monoisotopic (exact) mass is 1260 g/mol. The standard InChI is InChI=1S/C24H41N6O7P.C23H30N7O5P.C8H16O3.2CH4/c1-8-10-34-23(32)24(6,7)29-38(33,36-11-9-17(4)22(31)37-16(2)3)15-35-18(5)12-30-14-28-19-20(25)26-13-27-21(19)30;1-5-9-33-22(31)23(3,4)29-36(32,35-18-8-6-7-17(10-18)11-24)15-34-16(2)12-30-14-28-19-20(25)26-13-27-21(19)30;1-6(2)11-8(10)7(3)4-5-9;;/h13-14,16-18H,8-12,15H2,1-7H3,(H,29,33)(H2,25,26,27);6-8,10,13-14,16H,5,9,12,15H2,1-4H3,(H,29,32)(H2,25,26,27);6-7,9H,4-5H2,1-3H3;2*1H4/t17-,18+,38?;16-,36?;7-;;/m010../s1. The number of nitrogens with zero attached hydrogens (tertiary/aromatic N) is 9. The molecule has 0 spiro atoms. The minimum Gasteiger partial charge on any atom is -0.464 e. The number of carbonyl (C=O) groups excluding carboxylic acids is 4. The van der Waals surface area contributed by atoms with E-state index in [1.165, 1.54) is 18.7 Å². The van der Waals surface area contributed by atoms with Crippen molar-refractivity contribution in [1.29, 1.82) is 5.26 Å². The molecule has 7 N–H and O–H groups in total. The highest BCUT2D eigenvalue weighted by Crippen LogP contribution is 2.47. The van der Waals surface area contributed by atoms with Crippen LogP contribution in [0, 0.1) is 23.2 Å². The maximum atomic E-state index is 13.9. The number of ether oxygens (including phenoxy) is 6. The van der Waals surface area contributed by atoms with Crippen molar-refractivity contribution in [1.82, 2.24) is 49.2 Å². The second-order valence-corrected chi connectivity index (χ2v) is 25.7. The lowest BCUT2D eigenvalue weighted by Gasteiger charge is -2.30. The maximum Gasteiger partial charge on any atom is 0.342 e. The van der Waals surface area contributed by atoms with E-state index in [0.717, 1.165) is 0 Å². The van der Waals surface area contributed by atoms with Gasteiger partial charge < -0.3 is 63.2 Å². The van der Waals surface area contributed by atoms with Gasteiger partial charge in [-0.1, -0.05) is 48.6 Å². The van der Waals surface area contributed by atoms with Crippen LogP contribution in [0.25, 0.3) is 22.3 Å². The summed E-state index contributed by atoms with van der Waals surface area (Å²) in [5, 5.41) is 23.3. The maximum absolute atomic E-state index is 13.9. The Balaban J connectivity index is 0.000000728. The van der Waals surface area contributed by atoms with Crippen LogP contribution in [0.15, 0.2) is 49.6 Å². The molecule has 87 heavy (non-hydrogen) atoms. The van der Waals surface area contributed by atoms with Crippen LogP contribution in [-0.4, -0.2) is 143 Å². The second kappa shape index (κ2) is 37.2. The fourth-order valence-corrected chi connectivity index (χ4v) is 11.4. The van der Waals surface area contributed by atoms with Gasteiger partial charge in [-0.15, -0.1) is 0 Å². The predicted octanol–water partition coefficient (Wildman–Crippen LogP) is 8.74. The molecule has 6 atom stereocenters. The zero-order chi connectivity index (χ0) is 63.7. The van der Waals surface area contributed by atoms with Gasteiger partial charge in [-0.2, -0.15) is 5.26 Å². The van der Waals surface area contributed by atoms with Gasteiger partial charge in [0, 0.05) is 6.61 Å². The predicted molar refractivity (Wildman–Crippen MR) is 331 cm³/mol. The quantitative estimate of drug-likeness (QED) is 0.0152. The number of rotatable bonds is 32. The zero-order valence-corrected chi connectivity index (χ0v) is 53.1. The number of aromatic nitrogens is 8. The van der Waals surface area contributed by atoms with E-state index in [4.69, 9.17) is 54.0 Å². The van der Waals surface area contributed by atoms with Gasteiger partial charge in [0.1, 0.15) is 53.2 Å². The number of fused-ring (bicyclic) bond motifs is 2. The molecule has 30 heteroatoms. The van der Waals surface area contributed by atoms with Crippen molar-refractivity contribution in [3.63, 3.8) is 0 Å². The van der Waals surface area contributed by atoms with E-state index < -0.39 is 56.2 Å². The number of aliphatic hydroxyl groups excluding tert-OH is 1. The van der Waals surface area contributed by atoms with Crippen LogP contribution < -0.4 is 26.2 Å². The summed E-state index contributed by atoms with van der Waals surface area (Å²) in [4.78, 5) is 73.1. The van der Waals surface area contributed by atoms with Gasteiger partial charge in [-0.3, -0.25) is 28.3 Å². The van der Waals surface area contributed by atoms with Crippen molar-refractivity contribution in [3.05, 3.63) is 55.1 Å². The van der Waals surface area contributed by atoms with Crippen LogP contribution in [0.4, 0.5) is 11.6 Å². The van der Waals surface area contributed by atoms with Crippen molar-refractivity contribution < 1.29 is 70.9 Å². The molecule has 4 aromatic heterocycles. The summed E-state index contributed by atoms with van der Waals surface area (Å²) in [6, 6.07) is 8.26. The highest BCUT2D eigenvalue weighted by Gasteiger charge is 2.41. The van der Waals surface area contributed by atoms with Crippen molar-refractivity contribution in [2.45, 2.75) is 186 Å². The lowest BCUT2D eigenvalue weighted by atomic mass is 10.1. The number of esters is 4. The number of hydrogen-bond donors (Lipinski definition) is 5. The minimum atomic E-state index is -3.83. The number of imidazole rings is 2. The Bertz CT molecular complexity index is 3080. The lowest BCUT2D eigenvalue weighted by molar-refractivity contribution is -0.153. The van der Waals surface area contributed by atoms with Crippen LogP contribution in [0.3, 0.4) is 0 Å². The van der Waals surface area contributed by atoms with Crippen molar-refractivity contribution >= 4 is 72.9 Å². The molecule has 5 aromatic rings. The molecule has 0 saturated carbocycles. The number of anilines is 2. The minimum absolute atomic E-state index is 0. The van der Waals surface area contributed by atoms with Crippen LogP contribution in [0.1, 0.15) is 143 Å². The molecule has 0 saturated heterocycles. The van der Waals surface area contributed by atoms with Gasteiger partial charge in [0.2, 0.25) is 0 Å². The van der Waals surface area contributed by atoms with E-state index in [1.54, 1.807) is 109 Å². The topological polar surface area (TPSA) is 384 Å². The third kappa shape index (κ3) is 26.3. The number of nitriles is 1. The number of nitrogen functional groups attached to an aromatic ring is 2. The molecule has 28 nitrogen and oxygen atoms in total. The van der Waals surface area contributed by atoms with Gasteiger partial charge in [0.15, 0.2) is 22.9 Å². The summed E-state index contributed by atoms with van der Waals surface area (Å²) in [6.07, 6.45) is 6.04. The first-order valence-electron chi connectivity index (χ1n) is 28.0. The van der Waals surface area contributed by atoms with E-state index in [1.807, 2.05) is 33.8 Å². The summed E-state index contributed by atoms with van der Waals surface area (Å²) < 4.78 is 75.3. The molecule has 1 aromatic carbocycles. The molecule has 2 unspecified atom stereocenters. The summed E-state index contributed by atoms with van der Waals surface area (Å²) in [5.74, 6) is -1.64. The SMILES string of the molecule is C.C.CC(C)OC(=O)[C@@H](C)CCO.CCCOC(=O)C(C)(C)NP(=O)(CO[C@H](C)Cn1cnc2c(N)ncnc21)OCC[C@H](C)C(=O)OC(C)C.CCCOC(=O)C(C)(C)NP(=O)(CO[C@H](C)Cn1cnc2c(N)ncnc21)Oc1cccc(C#N)c1. The molecular formula is C57H95N13O15P2. The molecule has 0 aliphatic carbocycles. The molecule has 0 aliphatic rings. The lowest BCUT2D eigenvalue weighted by Crippen LogP contribution is -2.47. The van der Waals surface area contributed by atoms with Gasteiger partial charge >= 0.3 is 31.4 Å². The van der Waals surface area contributed by atoms with Crippen molar-refractivity contribution in [2.75, 3.05) is 50.6 Å². The molecule has 4 heterocycles. The number of benzene rings is 1. The van der Waals surface area contributed by atoms with Crippen LogP contribution >= 0.6 is 15.0 Å². The van der Waals surface area contributed by atoms with Gasteiger partial charge in [-0.05, 0) is 113 Å². The highest BCUT2D eigenvalue weighted by atomic mass is 31.2. The fourth-order valence-electron chi connectivity index (χ4n) is 7.35. The Morgan fingerprint density at radius 1 is 0.667 bits per heavy atom. The summed E-state index contributed by atoms with van der Waals surface area (Å²) in [6.45, 7) is 25.4. The summed E-state index contributed by atoms with van der Waals surface area (Å²) >= 11 is 0. The van der Waals surface area contributed by atoms with Crippen LogP contribution in [0.2, 0.25) is 0 Å². The molecule has 5 rings (SSSR count). The van der Waals surface area contributed by atoms with Gasteiger partial charge in [0.05, 0.1) is 93.4 Å². The largest absolute Gasteiger partial charge is 0.464 e. The first-order chi connectivity index (χ1) is 39.9. The molecule has 488 valence electrons. The van der Waals surface area contributed by atoms with Gasteiger partial charge in [-0.25, -0.2) is 40.1 Å². The second-order valence-electron chi connectivity index (χ2n) is 21.6. The van der Waals surface area contributed by atoms with Gasteiger partial charge in [0.25, 0.3) is 7.52 Å². The van der Waals surface area contributed by atoms with E-state index >= 15 is 0 Å². The number of aliphatic hydroxyl groups is 1. The first kappa shape index (κ1) is 78.3. The molecular weight excluding hydrogens is 1170 g/mol. The Morgan fingerprint density at radius 3 is 1.53 bits per heavy atom. The molecule has 0 radical (unpaired) electrons. The van der Waals surface area contributed by atoms with E-state index in [9.17, 15) is 33.6 Å². The molecule has 0 aliphatic heterocycles. The Morgan fingerprint density at radius 2 is 1.10 bits per heavy atom. The van der Waals surface area contributed by atoms with Crippen LogP contribution in [-0.2, 0) is 74.3 Å². The number of nitrogens with two attached hydrogens (primary N) is 2. The van der Waals surface area contributed by atoms with E-state index in [2.05, 4.69) is 40.1 Å². The third-order valence-electron chi connectivity index (χ3n) is 11.8. The summed E-state index contributed by atoms with van der Waals surface area (Å²) in [7, 11) is -7.57. The molecule has 0 fully saturated rings. The average Bonchev–Trinajstić information content (AvgIpc) is 2.84. The van der Waals surface area contributed by atoms with Crippen molar-refractivity contribution in [2.24, 2.45) is 11.8 Å². The van der Waals surface area contributed by atoms with E-state index in [-0.39, 0.29) is 108 Å². The number of hydrogen-bond acceptors (Lipinski definition) is 24. The fraction of sp³-hybridized carbons (Fsp3) is 0.632. The third-order valence-corrected chi connectivity index (χ3v) is 15.6. The Labute approximate surface area is 511 Å². The summed E-state index contributed by atoms with van der Waals surface area (Å²) in [5.41, 5.74) is 11.4. The average molecular weight is 1260 g/mol. The normalized spacial score (nSPS) is 14.2. The molecule has 0 amide bonds. The molecule has 0 bridgehead atoms. The van der Waals surface area contributed by atoms with E-state index in [0.29, 0.717) is 60.2 Å². The van der Waals surface area contributed by atoms with Crippen LogP contribution in [0.5, 0.6) is 5.75 Å². The number of carbonyl (C=O) groups is 4. The Hall–Kier alpha value is -6.69. The van der Waals surface area contributed by atoms with Crippen molar-refractivity contribution in [3.8, 4) is 11.8 Å². The zero-order valence-electron chi connectivity index (χ0n) is 51.3. The number of nitrogens with one attached hydrogen (secondary N) is 2. The smallest absolute Gasteiger partial charge is 0.342 e. The highest BCUT2D eigenvalue weighted by molar-refractivity contribution is 7.57.